The van der Waals surface area contributed by atoms with Crippen LogP contribution in [-0.2, 0) is 0 Å². The molecule has 3 nitrogen and oxygen atoms in total. The van der Waals surface area contributed by atoms with E-state index in [1.807, 2.05) is 48.5 Å². The molecule has 0 saturated carbocycles. The van der Waals surface area contributed by atoms with Crippen molar-refractivity contribution in [1.29, 1.82) is 0 Å². The van der Waals surface area contributed by atoms with Gasteiger partial charge in [-0.1, -0.05) is 28.1 Å². The van der Waals surface area contributed by atoms with Gasteiger partial charge >= 0.3 is 0 Å². The zero-order chi connectivity index (χ0) is 15.7. The number of alkyl halides is 1. The molecule has 2 aromatic carbocycles. The minimum Gasteiger partial charge on any atom is -0.497 e. The molecule has 1 atom stereocenters. The molecule has 0 fully saturated rings. The highest BCUT2D eigenvalue weighted by molar-refractivity contribution is 9.09. The first kappa shape index (κ1) is 14.9. The summed E-state index contributed by atoms with van der Waals surface area (Å²) in [6.07, 6.45) is 1.91. The third-order valence-electron chi connectivity index (χ3n) is 3.75. The average molecular weight is 359 g/mol. The molecule has 3 rings (SSSR count). The highest BCUT2D eigenvalue weighted by Crippen LogP contribution is 2.43. The Kier molecular flexibility index (Phi) is 4.03. The van der Waals surface area contributed by atoms with Crippen LogP contribution in [0.15, 0.2) is 48.0 Å². The van der Waals surface area contributed by atoms with E-state index in [0.29, 0.717) is 0 Å². The van der Waals surface area contributed by atoms with Crippen molar-refractivity contribution >= 4 is 27.8 Å². The Morgan fingerprint density at radius 2 is 1.64 bits per heavy atom. The monoisotopic (exact) mass is 358 g/mol. The van der Waals surface area contributed by atoms with E-state index in [9.17, 15) is 4.79 Å². The largest absolute Gasteiger partial charge is 0.497 e. The van der Waals surface area contributed by atoms with E-state index in [1.54, 1.807) is 14.2 Å². The molecule has 1 aliphatic carbocycles. The fraction of sp³-hybridized carbons (Fsp3) is 0.167. The minimum atomic E-state index is -0.118. The van der Waals surface area contributed by atoms with Gasteiger partial charge in [0.05, 0.1) is 19.0 Å². The maximum Gasteiger partial charge on any atom is 0.190 e. The van der Waals surface area contributed by atoms with Crippen LogP contribution in [0.1, 0.15) is 26.3 Å². The van der Waals surface area contributed by atoms with Crippen LogP contribution in [0.5, 0.6) is 11.5 Å². The van der Waals surface area contributed by atoms with Gasteiger partial charge in [-0.25, -0.2) is 0 Å². The van der Waals surface area contributed by atoms with E-state index in [1.165, 1.54) is 0 Å². The van der Waals surface area contributed by atoms with Crippen molar-refractivity contribution in [1.82, 2.24) is 0 Å². The van der Waals surface area contributed by atoms with Crippen LogP contribution in [0.2, 0.25) is 0 Å². The lowest BCUT2D eigenvalue weighted by Crippen LogP contribution is -1.96. The number of ether oxygens (including phenoxy) is 2. The summed E-state index contributed by atoms with van der Waals surface area (Å²) < 4.78 is 10.4. The summed E-state index contributed by atoms with van der Waals surface area (Å²) in [5.41, 5.74) is 3.37. The summed E-state index contributed by atoms with van der Waals surface area (Å²) in [7, 11) is 3.25. The number of rotatable bonds is 3. The number of halogens is 1. The van der Waals surface area contributed by atoms with Gasteiger partial charge in [0, 0.05) is 11.1 Å². The Hall–Kier alpha value is -2.07. The number of allylic oxidation sites excluding steroid dienone is 1. The van der Waals surface area contributed by atoms with Crippen LogP contribution in [0.3, 0.4) is 0 Å². The summed E-state index contributed by atoms with van der Waals surface area (Å²) >= 11 is 3.62. The molecule has 0 saturated heterocycles. The van der Waals surface area contributed by atoms with Crippen molar-refractivity contribution in [3.8, 4) is 11.5 Å². The first-order chi connectivity index (χ1) is 10.6. The van der Waals surface area contributed by atoms with Gasteiger partial charge in [0.1, 0.15) is 11.5 Å². The maximum atomic E-state index is 12.6. The second-order valence-corrected chi connectivity index (χ2v) is 5.93. The molecule has 0 N–H and O–H groups in total. The Labute approximate surface area is 137 Å². The predicted molar refractivity (Wildman–Crippen MR) is 90.0 cm³/mol. The Morgan fingerprint density at radius 3 is 2.27 bits per heavy atom. The number of hydrogen-bond acceptors (Lipinski definition) is 3. The van der Waals surface area contributed by atoms with E-state index in [-0.39, 0.29) is 10.6 Å². The third-order valence-corrected chi connectivity index (χ3v) is 4.74. The molecule has 4 heteroatoms. The van der Waals surface area contributed by atoms with Crippen LogP contribution in [0, 0.1) is 0 Å². The zero-order valence-electron chi connectivity index (χ0n) is 12.3. The van der Waals surface area contributed by atoms with Crippen molar-refractivity contribution < 1.29 is 14.3 Å². The van der Waals surface area contributed by atoms with Crippen molar-refractivity contribution in [3.63, 3.8) is 0 Å². The smallest absolute Gasteiger partial charge is 0.190 e. The molecule has 0 aromatic heterocycles. The number of hydrogen-bond donors (Lipinski definition) is 0. The van der Waals surface area contributed by atoms with Gasteiger partial charge < -0.3 is 9.47 Å². The van der Waals surface area contributed by atoms with Crippen LogP contribution in [0.25, 0.3) is 6.08 Å². The molecule has 2 aromatic rings. The molecular weight excluding hydrogens is 344 g/mol. The second-order valence-electron chi connectivity index (χ2n) is 5.02. The second kappa shape index (κ2) is 5.97. The van der Waals surface area contributed by atoms with Crippen LogP contribution >= 0.6 is 15.9 Å². The standard InChI is InChI=1S/C18H15BrO3/c1-21-12-5-3-11(4-6-12)9-16-17(19)15-10-13(22-2)7-8-14(15)18(16)20/h3-10,17H,1-2H3/b16-9+. The quantitative estimate of drug-likeness (QED) is 0.601. The topological polar surface area (TPSA) is 35.5 Å². The molecule has 22 heavy (non-hydrogen) atoms. The normalized spacial score (nSPS) is 18.4. The predicted octanol–water partition coefficient (Wildman–Crippen LogP) is 4.42. The molecule has 112 valence electrons. The number of fused-ring (bicyclic) bond motifs is 1. The summed E-state index contributed by atoms with van der Waals surface area (Å²) in [5.74, 6) is 1.60. The third kappa shape index (κ3) is 2.55. The summed E-state index contributed by atoms with van der Waals surface area (Å²) in [4.78, 5) is 12.5. The highest BCUT2D eigenvalue weighted by atomic mass is 79.9. The van der Waals surface area contributed by atoms with Gasteiger partial charge in [-0.05, 0) is 47.5 Å². The van der Waals surface area contributed by atoms with Crippen LogP contribution in [0.4, 0.5) is 0 Å². The maximum absolute atomic E-state index is 12.6. The lowest BCUT2D eigenvalue weighted by molar-refractivity contribution is 0.104. The van der Waals surface area contributed by atoms with E-state index in [4.69, 9.17) is 9.47 Å². The number of benzene rings is 2. The average Bonchev–Trinajstić information content (AvgIpc) is 2.80. The van der Waals surface area contributed by atoms with Gasteiger partial charge in [-0.15, -0.1) is 0 Å². The zero-order valence-corrected chi connectivity index (χ0v) is 13.9. The van der Waals surface area contributed by atoms with Crippen molar-refractivity contribution in [2.75, 3.05) is 14.2 Å². The molecule has 0 amide bonds. The summed E-state index contributed by atoms with van der Waals surface area (Å²) in [6, 6.07) is 13.2. The number of carbonyl (C=O) groups is 1. The molecule has 0 bridgehead atoms. The van der Waals surface area contributed by atoms with Crippen molar-refractivity contribution in [2.45, 2.75) is 4.83 Å². The first-order valence-corrected chi connectivity index (χ1v) is 7.78. The van der Waals surface area contributed by atoms with Gasteiger partial charge in [0.25, 0.3) is 0 Å². The van der Waals surface area contributed by atoms with Gasteiger partial charge in [-0.3, -0.25) is 4.79 Å². The summed E-state index contributed by atoms with van der Waals surface area (Å²) in [6.45, 7) is 0. The molecule has 1 unspecified atom stereocenters. The van der Waals surface area contributed by atoms with Crippen molar-refractivity contribution in [2.24, 2.45) is 0 Å². The molecule has 0 radical (unpaired) electrons. The Bertz CT molecular complexity index is 747. The van der Waals surface area contributed by atoms with Crippen LogP contribution in [-0.4, -0.2) is 20.0 Å². The fourth-order valence-corrected chi connectivity index (χ4v) is 3.26. The lowest BCUT2D eigenvalue weighted by atomic mass is 10.1. The van der Waals surface area contributed by atoms with Gasteiger partial charge in [0.2, 0.25) is 0 Å². The molecule has 1 aliphatic rings. The highest BCUT2D eigenvalue weighted by Gasteiger charge is 2.33. The van der Waals surface area contributed by atoms with E-state index in [0.717, 1.165) is 33.8 Å². The first-order valence-electron chi connectivity index (χ1n) is 6.86. The molecular formula is C18H15BrO3. The van der Waals surface area contributed by atoms with E-state index < -0.39 is 0 Å². The number of ketones is 1. The van der Waals surface area contributed by atoms with E-state index in [2.05, 4.69) is 15.9 Å². The number of methoxy groups -OCH3 is 2. The van der Waals surface area contributed by atoms with Crippen molar-refractivity contribution in [3.05, 3.63) is 64.7 Å². The Morgan fingerprint density at radius 1 is 1.00 bits per heavy atom. The number of carbonyl (C=O) groups excluding carboxylic acids is 1. The van der Waals surface area contributed by atoms with Crippen LogP contribution < -0.4 is 9.47 Å². The summed E-state index contributed by atoms with van der Waals surface area (Å²) in [5, 5.41) is 0. The fourth-order valence-electron chi connectivity index (χ4n) is 2.54. The minimum absolute atomic E-state index is 0.0512. The molecule has 0 spiro atoms. The van der Waals surface area contributed by atoms with Gasteiger partial charge in [0.15, 0.2) is 5.78 Å². The SMILES string of the molecule is COc1ccc(/C=C2/C(=O)c3ccc(OC)cc3C2Br)cc1. The Balaban J connectivity index is 1.98. The van der Waals surface area contributed by atoms with Gasteiger partial charge in [-0.2, -0.15) is 0 Å². The molecule has 0 heterocycles. The molecule has 0 aliphatic heterocycles. The lowest BCUT2D eigenvalue weighted by Gasteiger charge is -2.06. The van der Waals surface area contributed by atoms with E-state index >= 15 is 0 Å². The number of Topliss-reactive ketones (excluding diaryl/α,β-unsaturated/α-hetero) is 1.